The van der Waals surface area contributed by atoms with Crippen LogP contribution in [0.5, 0.6) is 5.75 Å². The van der Waals surface area contributed by atoms with Crippen LogP contribution in [0, 0.1) is 0 Å². The summed E-state index contributed by atoms with van der Waals surface area (Å²) in [6.07, 6.45) is 1.62. The molecule has 0 unspecified atom stereocenters. The summed E-state index contributed by atoms with van der Waals surface area (Å²) in [5.41, 5.74) is 3.96. The molecule has 0 amide bonds. The molecule has 7 heteroatoms. The van der Waals surface area contributed by atoms with E-state index in [4.69, 9.17) is 10.6 Å². The molecule has 0 radical (unpaired) electrons. The van der Waals surface area contributed by atoms with Gasteiger partial charge in [0.1, 0.15) is 5.75 Å². The highest BCUT2D eigenvalue weighted by Gasteiger charge is 2.13. The largest absolute Gasteiger partial charge is 0.496 e. The number of fused-ring (bicyclic) bond motifs is 1. The van der Waals surface area contributed by atoms with E-state index in [1.807, 2.05) is 24.3 Å². The molecule has 4 N–H and O–H groups in total. The van der Waals surface area contributed by atoms with Crippen LogP contribution in [0.4, 0.5) is 5.82 Å². The normalized spacial score (nSPS) is 10.6. The first-order valence-electron chi connectivity index (χ1n) is 5.64. The van der Waals surface area contributed by atoms with E-state index < -0.39 is 0 Å². The van der Waals surface area contributed by atoms with Crippen LogP contribution in [0.3, 0.4) is 0 Å². The lowest BCUT2D eigenvalue weighted by Gasteiger charge is -2.08. The fourth-order valence-electron chi connectivity index (χ4n) is 1.89. The predicted octanol–water partition coefficient (Wildman–Crippen LogP) is 1.31. The van der Waals surface area contributed by atoms with Crippen molar-refractivity contribution in [1.29, 1.82) is 0 Å². The number of nitrogens with one attached hydrogen (secondary N) is 2. The van der Waals surface area contributed by atoms with Crippen molar-refractivity contribution in [1.82, 2.24) is 20.2 Å². The van der Waals surface area contributed by atoms with Crippen molar-refractivity contribution >= 4 is 16.9 Å². The van der Waals surface area contributed by atoms with Crippen LogP contribution >= 0.6 is 0 Å². The number of aromatic amines is 1. The van der Waals surface area contributed by atoms with Crippen molar-refractivity contribution in [2.75, 3.05) is 12.5 Å². The summed E-state index contributed by atoms with van der Waals surface area (Å²) < 4.78 is 5.31. The molecule has 0 fully saturated rings. The average molecular weight is 256 g/mol. The number of aromatic nitrogens is 4. The second-order valence-corrected chi connectivity index (χ2v) is 3.87. The quantitative estimate of drug-likeness (QED) is 0.482. The molecule has 0 saturated heterocycles. The summed E-state index contributed by atoms with van der Waals surface area (Å²) in [5.74, 6) is 7.21. The fraction of sp³-hybridized carbons (Fsp3) is 0.0833. The van der Waals surface area contributed by atoms with Crippen molar-refractivity contribution in [2.45, 2.75) is 0 Å². The Balaban J connectivity index is 2.24. The number of nitrogens with zero attached hydrogens (tertiary/aromatic N) is 3. The molecule has 1 aromatic carbocycles. The van der Waals surface area contributed by atoms with Crippen LogP contribution < -0.4 is 16.0 Å². The molecule has 0 aliphatic heterocycles. The molecule has 0 spiro atoms. The Bertz CT molecular complexity index is 723. The number of para-hydroxylation sites is 1. The third-order valence-corrected chi connectivity index (χ3v) is 2.79. The molecule has 0 bridgehead atoms. The lowest BCUT2D eigenvalue weighted by Crippen LogP contribution is -2.10. The zero-order chi connectivity index (χ0) is 13.2. The second-order valence-electron chi connectivity index (χ2n) is 3.87. The van der Waals surface area contributed by atoms with Crippen LogP contribution in [0.25, 0.3) is 22.4 Å². The maximum Gasteiger partial charge on any atom is 0.167 e. The number of nitrogens with two attached hydrogens (primary N) is 1. The van der Waals surface area contributed by atoms with E-state index in [2.05, 4.69) is 25.6 Å². The van der Waals surface area contributed by atoms with Gasteiger partial charge in [0.25, 0.3) is 0 Å². The van der Waals surface area contributed by atoms with Gasteiger partial charge in [0.05, 0.1) is 24.3 Å². The summed E-state index contributed by atoms with van der Waals surface area (Å²) >= 11 is 0. The predicted molar refractivity (Wildman–Crippen MR) is 71.5 cm³/mol. The summed E-state index contributed by atoms with van der Waals surface area (Å²) in [6.45, 7) is 0. The maximum atomic E-state index is 5.48. The van der Waals surface area contributed by atoms with E-state index in [1.54, 1.807) is 13.3 Å². The molecule has 0 aliphatic rings. The van der Waals surface area contributed by atoms with Gasteiger partial charge in [0, 0.05) is 0 Å². The molecule has 96 valence electrons. The monoisotopic (exact) mass is 256 g/mol. The molecule has 0 saturated carbocycles. The number of H-pyrrole nitrogens is 1. The van der Waals surface area contributed by atoms with Crippen molar-refractivity contribution in [3.8, 4) is 17.1 Å². The smallest absolute Gasteiger partial charge is 0.167 e. The molecule has 0 atom stereocenters. The van der Waals surface area contributed by atoms with Crippen molar-refractivity contribution < 1.29 is 4.74 Å². The maximum absolute atomic E-state index is 5.48. The molecule has 0 aliphatic carbocycles. The average Bonchev–Trinajstić information content (AvgIpc) is 2.94. The minimum absolute atomic E-state index is 0.514. The second kappa shape index (κ2) is 4.54. The van der Waals surface area contributed by atoms with Gasteiger partial charge in [-0.3, -0.25) is 5.10 Å². The van der Waals surface area contributed by atoms with Gasteiger partial charge < -0.3 is 10.2 Å². The van der Waals surface area contributed by atoms with Gasteiger partial charge in [-0.2, -0.15) is 5.10 Å². The summed E-state index contributed by atoms with van der Waals surface area (Å²) in [5, 5.41) is 7.47. The lowest BCUT2D eigenvalue weighted by molar-refractivity contribution is 0.416. The van der Waals surface area contributed by atoms with Gasteiger partial charge in [0.2, 0.25) is 0 Å². The Morgan fingerprint density at radius 3 is 2.89 bits per heavy atom. The van der Waals surface area contributed by atoms with Gasteiger partial charge in [-0.15, -0.1) is 0 Å². The topological polar surface area (TPSA) is 102 Å². The standard InChI is InChI=1S/C12H12N6O/c1-19-9-5-3-2-4-7(9)10-15-11(17-13)8-6-14-18-12(8)16-10/h2-6H,13H2,1H3,(H2,14,15,16,17,18). The SMILES string of the molecule is COc1ccccc1-c1nc(NN)c2cn[nH]c2n1. The Morgan fingerprint density at radius 2 is 2.11 bits per heavy atom. The number of rotatable bonds is 3. The number of hydrogen-bond donors (Lipinski definition) is 3. The molecule has 7 nitrogen and oxygen atoms in total. The fourth-order valence-corrected chi connectivity index (χ4v) is 1.89. The Morgan fingerprint density at radius 1 is 1.26 bits per heavy atom. The molecule has 2 aromatic heterocycles. The first kappa shape index (κ1) is 11.4. The zero-order valence-corrected chi connectivity index (χ0v) is 10.2. The first-order chi connectivity index (χ1) is 9.33. The van der Waals surface area contributed by atoms with Crippen molar-refractivity contribution in [3.63, 3.8) is 0 Å². The lowest BCUT2D eigenvalue weighted by atomic mass is 10.2. The Kier molecular flexibility index (Phi) is 2.73. The summed E-state index contributed by atoms with van der Waals surface area (Å²) in [4.78, 5) is 8.80. The zero-order valence-electron chi connectivity index (χ0n) is 10.2. The minimum atomic E-state index is 0.514. The number of nitrogen functional groups attached to an aromatic ring is 1. The number of hydrogen-bond acceptors (Lipinski definition) is 6. The Hall–Kier alpha value is -2.67. The van der Waals surface area contributed by atoms with E-state index in [-0.39, 0.29) is 0 Å². The van der Waals surface area contributed by atoms with Crippen LogP contribution in [-0.2, 0) is 0 Å². The van der Waals surface area contributed by atoms with Crippen LogP contribution in [-0.4, -0.2) is 27.3 Å². The highest BCUT2D eigenvalue weighted by molar-refractivity contribution is 5.87. The van der Waals surface area contributed by atoms with Crippen molar-refractivity contribution in [3.05, 3.63) is 30.5 Å². The highest BCUT2D eigenvalue weighted by atomic mass is 16.5. The molecule has 3 aromatic rings. The third kappa shape index (κ3) is 1.85. The summed E-state index contributed by atoms with van der Waals surface area (Å²) in [7, 11) is 1.61. The van der Waals surface area contributed by atoms with Gasteiger partial charge in [-0.05, 0) is 12.1 Å². The summed E-state index contributed by atoms with van der Waals surface area (Å²) in [6, 6.07) is 7.52. The van der Waals surface area contributed by atoms with Crippen LogP contribution in [0.15, 0.2) is 30.5 Å². The van der Waals surface area contributed by atoms with Gasteiger partial charge in [0.15, 0.2) is 17.3 Å². The van der Waals surface area contributed by atoms with E-state index in [1.165, 1.54) is 0 Å². The van der Waals surface area contributed by atoms with E-state index >= 15 is 0 Å². The number of anilines is 1. The molecule has 2 heterocycles. The van der Waals surface area contributed by atoms with Gasteiger partial charge >= 0.3 is 0 Å². The molecular formula is C12H12N6O. The van der Waals surface area contributed by atoms with Crippen molar-refractivity contribution in [2.24, 2.45) is 5.84 Å². The van der Waals surface area contributed by atoms with E-state index in [0.29, 0.717) is 23.0 Å². The molecule has 19 heavy (non-hydrogen) atoms. The number of hydrazine groups is 1. The van der Waals surface area contributed by atoms with Gasteiger partial charge in [-0.25, -0.2) is 15.8 Å². The molecule has 3 rings (SSSR count). The Labute approximate surface area is 108 Å². The molecular weight excluding hydrogens is 244 g/mol. The van der Waals surface area contributed by atoms with E-state index in [0.717, 1.165) is 10.9 Å². The van der Waals surface area contributed by atoms with Gasteiger partial charge in [-0.1, -0.05) is 12.1 Å². The first-order valence-corrected chi connectivity index (χ1v) is 5.64. The van der Waals surface area contributed by atoms with Crippen LogP contribution in [0.2, 0.25) is 0 Å². The minimum Gasteiger partial charge on any atom is -0.496 e. The number of benzene rings is 1. The van der Waals surface area contributed by atoms with Crippen LogP contribution in [0.1, 0.15) is 0 Å². The number of ether oxygens (including phenoxy) is 1. The number of methoxy groups -OCH3 is 1. The van der Waals surface area contributed by atoms with E-state index in [9.17, 15) is 0 Å². The third-order valence-electron chi connectivity index (χ3n) is 2.79. The highest BCUT2D eigenvalue weighted by Crippen LogP contribution is 2.29.